The Morgan fingerprint density at radius 2 is 2.04 bits per heavy atom. The molecule has 5 nitrogen and oxygen atoms in total. The monoisotopic (exact) mass is 359 g/mol. The Labute approximate surface area is 140 Å². The predicted octanol–water partition coefficient (Wildman–Crippen LogP) is 3.00. The van der Waals surface area contributed by atoms with Crippen molar-refractivity contribution in [2.24, 2.45) is 5.73 Å². The molecule has 1 heterocycles. The number of aromatic nitrogens is 1. The second-order valence-corrected chi connectivity index (χ2v) is 5.31. The molecule has 0 saturated heterocycles. The molecule has 0 saturated carbocycles. The lowest BCUT2D eigenvalue weighted by molar-refractivity contribution is -0.139. The van der Waals surface area contributed by atoms with Gasteiger partial charge in [-0.3, -0.25) is 4.79 Å². The van der Waals surface area contributed by atoms with Crippen molar-refractivity contribution in [2.75, 3.05) is 11.9 Å². The van der Waals surface area contributed by atoms with E-state index in [1.54, 1.807) is 0 Å². The van der Waals surface area contributed by atoms with Crippen LogP contribution in [0.25, 0.3) is 0 Å². The number of carbonyl (C=O) groups excluding carboxylic acids is 1. The molecule has 0 bridgehead atoms. The van der Waals surface area contributed by atoms with Crippen LogP contribution in [0.2, 0.25) is 5.02 Å². The molecule has 1 amide bonds. The average molecular weight is 360 g/mol. The van der Waals surface area contributed by atoms with Crippen LogP contribution < -0.4 is 11.1 Å². The number of primary amides is 1. The molecule has 2 aromatic rings. The van der Waals surface area contributed by atoms with Gasteiger partial charge in [-0.2, -0.15) is 13.2 Å². The second-order valence-electron chi connectivity index (χ2n) is 4.90. The van der Waals surface area contributed by atoms with Crippen LogP contribution in [0.1, 0.15) is 27.6 Å². The Morgan fingerprint density at radius 3 is 2.62 bits per heavy atom. The Kier molecular flexibility index (Phi) is 5.30. The van der Waals surface area contributed by atoms with Crippen molar-refractivity contribution in [2.45, 2.75) is 12.3 Å². The summed E-state index contributed by atoms with van der Waals surface area (Å²) in [6, 6.07) is 6.01. The van der Waals surface area contributed by atoms with Crippen molar-refractivity contribution in [1.82, 2.24) is 4.98 Å². The molecule has 128 valence electrons. The van der Waals surface area contributed by atoms with Gasteiger partial charge >= 0.3 is 6.18 Å². The zero-order valence-electron chi connectivity index (χ0n) is 12.1. The minimum atomic E-state index is -4.57. The number of nitrogens with two attached hydrogens (primary N) is 1. The lowest BCUT2D eigenvalue weighted by Crippen LogP contribution is -2.18. The smallest absolute Gasteiger partial charge is 0.387 e. The third-order valence-corrected chi connectivity index (χ3v) is 3.50. The summed E-state index contributed by atoms with van der Waals surface area (Å²) in [6.07, 6.45) is -4.83. The molecule has 9 heteroatoms. The minimum absolute atomic E-state index is 0.0580. The van der Waals surface area contributed by atoms with Gasteiger partial charge in [0.05, 0.1) is 22.3 Å². The van der Waals surface area contributed by atoms with Crippen LogP contribution in [0.3, 0.4) is 0 Å². The van der Waals surface area contributed by atoms with E-state index in [9.17, 15) is 23.1 Å². The summed E-state index contributed by atoms with van der Waals surface area (Å²) in [5.74, 6) is -0.597. The van der Waals surface area contributed by atoms with E-state index in [-0.39, 0.29) is 28.5 Å². The highest BCUT2D eigenvalue weighted by Gasteiger charge is 2.34. The fourth-order valence-electron chi connectivity index (χ4n) is 2.05. The van der Waals surface area contributed by atoms with Crippen molar-refractivity contribution in [3.05, 3.63) is 58.2 Å². The number of benzene rings is 1. The van der Waals surface area contributed by atoms with Gasteiger partial charge in [-0.05, 0) is 17.7 Å². The number of alkyl halides is 3. The number of nitrogens with one attached hydrogen (secondary N) is 1. The number of aliphatic hydroxyl groups excluding tert-OH is 1. The Hall–Kier alpha value is -2.32. The fourth-order valence-corrected chi connectivity index (χ4v) is 2.28. The first-order valence-corrected chi connectivity index (χ1v) is 7.11. The maximum absolute atomic E-state index is 12.9. The van der Waals surface area contributed by atoms with Gasteiger partial charge in [-0.1, -0.05) is 29.8 Å². The standard InChI is InChI=1S/C15H13ClF3N3O2/c16-11-5-8(13(20)24)6-21-14(11)22-7-12(23)9-3-1-2-4-10(9)15(17,18)19/h1-6,12,23H,7H2,(H2,20,24)(H,21,22)/t12-/m1/s1. The molecular weight excluding hydrogens is 347 g/mol. The van der Waals surface area contributed by atoms with E-state index in [1.165, 1.54) is 30.5 Å². The summed E-state index contributed by atoms with van der Waals surface area (Å²) >= 11 is 5.91. The molecule has 1 atom stereocenters. The quantitative estimate of drug-likeness (QED) is 0.765. The molecule has 1 aromatic heterocycles. The van der Waals surface area contributed by atoms with Gasteiger partial charge in [0, 0.05) is 12.7 Å². The molecule has 4 N–H and O–H groups in total. The van der Waals surface area contributed by atoms with E-state index in [0.29, 0.717) is 0 Å². The van der Waals surface area contributed by atoms with Crippen molar-refractivity contribution in [3.8, 4) is 0 Å². The zero-order chi connectivity index (χ0) is 17.9. The van der Waals surface area contributed by atoms with Gasteiger partial charge in [-0.25, -0.2) is 4.98 Å². The van der Waals surface area contributed by atoms with Gasteiger partial charge < -0.3 is 16.2 Å². The number of anilines is 1. The molecule has 0 radical (unpaired) electrons. The molecule has 1 aromatic carbocycles. The van der Waals surface area contributed by atoms with Crippen LogP contribution in [-0.2, 0) is 6.18 Å². The highest BCUT2D eigenvalue weighted by atomic mass is 35.5. The van der Waals surface area contributed by atoms with Gasteiger partial charge in [-0.15, -0.1) is 0 Å². The van der Waals surface area contributed by atoms with Crippen LogP contribution in [0.15, 0.2) is 36.5 Å². The molecule has 0 aliphatic rings. The van der Waals surface area contributed by atoms with Crippen LogP contribution in [-0.4, -0.2) is 22.5 Å². The minimum Gasteiger partial charge on any atom is -0.387 e. The number of hydrogen-bond acceptors (Lipinski definition) is 4. The van der Waals surface area contributed by atoms with Crippen molar-refractivity contribution >= 4 is 23.3 Å². The number of pyridine rings is 1. The predicted molar refractivity (Wildman–Crippen MR) is 82.7 cm³/mol. The summed E-state index contributed by atoms with van der Waals surface area (Å²) in [5, 5.41) is 12.8. The third kappa shape index (κ3) is 4.15. The lowest BCUT2D eigenvalue weighted by Gasteiger charge is -2.18. The molecular formula is C15H13ClF3N3O2. The number of nitrogens with zero attached hydrogens (tertiary/aromatic N) is 1. The second kappa shape index (κ2) is 7.06. The number of hydrogen-bond donors (Lipinski definition) is 3. The zero-order valence-corrected chi connectivity index (χ0v) is 12.9. The van der Waals surface area contributed by atoms with Gasteiger partial charge in [0.15, 0.2) is 0 Å². The van der Waals surface area contributed by atoms with E-state index in [1.807, 2.05) is 0 Å². The van der Waals surface area contributed by atoms with E-state index in [0.717, 1.165) is 6.07 Å². The number of aliphatic hydroxyl groups is 1. The Morgan fingerprint density at radius 1 is 1.38 bits per heavy atom. The fraction of sp³-hybridized carbons (Fsp3) is 0.200. The third-order valence-electron chi connectivity index (χ3n) is 3.21. The number of carbonyl (C=O) groups is 1. The molecule has 0 spiro atoms. The largest absolute Gasteiger partial charge is 0.416 e. The van der Waals surface area contributed by atoms with Crippen molar-refractivity contribution < 1.29 is 23.1 Å². The summed E-state index contributed by atoms with van der Waals surface area (Å²) in [7, 11) is 0. The number of halogens is 4. The topological polar surface area (TPSA) is 88.2 Å². The van der Waals surface area contributed by atoms with Gasteiger partial charge in [0.1, 0.15) is 5.82 Å². The molecule has 0 aliphatic carbocycles. The first-order valence-electron chi connectivity index (χ1n) is 6.73. The van der Waals surface area contributed by atoms with Crippen LogP contribution in [0.5, 0.6) is 0 Å². The average Bonchev–Trinajstić information content (AvgIpc) is 2.52. The first-order chi connectivity index (χ1) is 11.2. The summed E-state index contributed by atoms with van der Waals surface area (Å²) < 4.78 is 38.8. The molecule has 0 unspecified atom stereocenters. The van der Waals surface area contributed by atoms with Gasteiger partial charge in [0.25, 0.3) is 0 Å². The maximum atomic E-state index is 12.9. The normalized spacial score (nSPS) is 12.7. The Bertz CT molecular complexity index is 753. The lowest BCUT2D eigenvalue weighted by atomic mass is 10.0. The summed E-state index contributed by atoms with van der Waals surface area (Å²) in [6.45, 7) is -0.254. The van der Waals surface area contributed by atoms with Crippen LogP contribution >= 0.6 is 11.6 Å². The SMILES string of the molecule is NC(=O)c1cnc(NC[C@@H](O)c2ccccc2C(F)(F)F)c(Cl)c1. The first kappa shape index (κ1) is 18.0. The maximum Gasteiger partial charge on any atom is 0.416 e. The van der Waals surface area contributed by atoms with E-state index >= 15 is 0 Å². The van der Waals surface area contributed by atoms with E-state index < -0.39 is 23.8 Å². The summed E-state index contributed by atoms with van der Waals surface area (Å²) in [4.78, 5) is 14.9. The number of amides is 1. The molecule has 24 heavy (non-hydrogen) atoms. The van der Waals surface area contributed by atoms with Crippen molar-refractivity contribution in [3.63, 3.8) is 0 Å². The molecule has 0 fully saturated rings. The summed E-state index contributed by atoms with van der Waals surface area (Å²) in [5.41, 5.74) is 4.00. The molecule has 0 aliphatic heterocycles. The van der Waals surface area contributed by atoms with Crippen LogP contribution in [0.4, 0.5) is 19.0 Å². The van der Waals surface area contributed by atoms with E-state index in [4.69, 9.17) is 17.3 Å². The molecule has 2 rings (SSSR count). The Balaban J connectivity index is 2.15. The van der Waals surface area contributed by atoms with Crippen molar-refractivity contribution in [1.29, 1.82) is 0 Å². The number of rotatable bonds is 5. The van der Waals surface area contributed by atoms with Crippen LogP contribution in [0, 0.1) is 0 Å². The highest BCUT2D eigenvalue weighted by molar-refractivity contribution is 6.33. The highest BCUT2D eigenvalue weighted by Crippen LogP contribution is 2.34. The van der Waals surface area contributed by atoms with Gasteiger partial charge in [0.2, 0.25) is 5.91 Å². The van der Waals surface area contributed by atoms with E-state index in [2.05, 4.69) is 10.3 Å².